The van der Waals surface area contributed by atoms with Gasteiger partial charge in [-0.25, -0.2) is 12.8 Å². The molecule has 10 heteroatoms. The van der Waals surface area contributed by atoms with Gasteiger partial charge in [-0.2, -0.15) is 0 Å². The third kappa shape index (κ3) is 9.35. The highest BCUT2D eigenvalue weighted by Crippen LogP contribution is 2.23. The molecular formula is C27H38FN3O5S. The minimum absolute atomic E-state index is 0.0435. The number of ether oxygens (including phenoxy) is 1. The first-order valence-corrected chi connectivity index (χ1v) is 14.5. The summed E-state index contributed by atoms with van der Waals surface area (Å²) in [6.45, 7) is 6.89. The van der Waals surface area contributed by atoms with E-state index in [9.17, 15) is 22.4 Å². The fourth-order valence-corrected chi connectivity index (χ4v) is 4.92. The Morgan fingerprint density at radius 3 is 2.22 bits per heavy atom. The third-order valence-corrected chi connectivity index (χ3v) is 6.98. The van der Waals surface area contributed by atoms with E-state index in [1.54, 1.807) is 36.4 Å². The number of nitrogens with one attached hydrogen (secondary N) is 1. The van der Waals surface area contributed by atoms with Crippen molar-refractivity contribution >= 4 is 27.5 Å². The van der Waals surface area contributed by atoms with E-state index in [0.29, 0.717) is 36.6 Å². The third-order valence-electron chi connectivity index (χ3n) is 5.79. The maximum atomic E-state index is 13.4. The average molecular weight is 536 g/mol. The van der Waals surface area contributed by atoms with Gasteiger partial charge < -0.3 is 15.0 Å². The fraction of sp³-hybridized carbons (Fsp3) is 0.481. The van der Waals surface area contributed by atoms with E-state index < -0.39 is 16.1 Å². The number of benzene rings is 2. The Balaban J connectivity index is 2.18. The zero-order valence-electron chi connectivity index (χ0n) is 22.1. The molecule has 0 saturated carbocycles. The van der Waals surface area contributed by atoms with Gasteiger partial charge in [0, 0.05) is 26.1 Å². The van der Waals surface area contributed by atoms with Gasteiger partial charge in [0.2, 0.25) is 21.8 Å². The molecule has 204 valence electrons. The maximum absolute atomic E-state index is 13.4. The van der Waals surface area contributed by atoms with Crippen LogP contribution in [-0.4, -0.2) is 57.1 Å². The van der Waals surface area contributed by atoms with E-state index in [1.165, 1.54) is 21.3 Å². The highest BCUT2D eigenvalue weighted by molar-refractivity contribution is 7.92. The number of carbonyl (C=O) groups excluding carboxylic acids is 2. The van der Waals surface area contributed by atoms with Crippen LogP contribution in [0, 0.1) is 5.82 Å². The van der Waals surface area contributed by atoms with Crippen LogP contribution in [0.5, 0.6) is 5.75 Å². The molecule has 0 radical (unpaired) electrons. The zero-order chi connectivity index (χ0) is 27.4. The number of anilines is 1. The number of carbonyl (C=O) groups is 2. The Kier molecular flexibility index (Phi) is 11.8. The van der Waals surface area contributed by atoms with Gasteiger partial charge in [0.1, 0.15) is 17.6 Å². The van der Waals surface area contributed by atoms with Crippen LogP contribution in [0.4, 0.5) is 10.1 Å². The van der Waals surface area contributed by atoms with Crippen molar-refractivity contribution in [3.05, 3.63) is 59.9 Å². The SMILES string of the molecule is CCCNC(=O)[C@@H](CC)N(Cc1ccc(F)cc1)C(=O)CCCN(c1ccc(OCC)cc1)S(C)(=O)=O. The summed E-state index contributed by atoms with van der Waals surface area (Å²) in [6.07, 6.45) is 2.59. The summed E-state index contributed by atoms with van der Waals surface area (Å²) in [7, 11) is -3.59. The molecule has 0 heterocycles. The average Bonchev–Trinajstić information content (AvgIpc) is 2.86. The van der Waals surface area contributed by atoms with Crippen molar-refractivity contribution in [3.63, 3.8) is 0 Å². The summed E-state index contributed by atoms with van der Waals surface area (Å²) in [5.74, 6) is -0.266. The van der Waals surface area contributed by atoms with Crippen LogP contribution >= 0.6 is 0 Å². The minimum atomic E-state index is -3.59. The molecule has 2 aromatic carbocycles. The lowest BCUT2D eigenvalue weighted by atomic mass is 10.1. The monoisotopic (exact) mass is 535 g/mol. The molecule has 2 amide bonds. The summed E-state index contributed by atoms with van der Waals surface area (Å²) >= 11 is 0. The smallest absolute Gasteiger partial charge is 0.242 e. The van der Waals surface area contributed by atoms with Crippen LogP contribution in [0.25, 0.3) is 0 Å². The molecule has 2 rings (SSSR count). The molecule has 0 fully saturated rings. The van der Waals surface area contributed by atoms with Gasteiger partial charge in [0.15, 0.2) is 0 Å². The molecule has 37 heavy (non-hydrogen) atoms. The second kappa shape index (κ2) is 14.6. The Hall–Kier alpha value is -3.14. The molecule has 0 unspecified atom stereocenters. The molecule has 0 saturated heterocycles. The molecule has 0 bridgehead atoms. The van der Waals surface area contributed by atoms with Crippen molar-refractivity contribution in [1.82, 2.24) is 10.2 Å². The van der Waals surface area contributed by atoms with Crippen molar-refractivity contribution in [2.45, 2.75) is 59.0 Å². The summed E-state index contributed by atoms with van der Waals surface area (Å²) in [4.78, 5) is 27.7. The van der Waals surface area contributed by atoms with E-state index >= 15 is 0 Å². The quantitative estimate of drug-likeness (QED) is 0.370. The first-order chi connectivity index (χ1) is 17.6. The molecule has 8 nitrogen and oxygen atoms in total. The van der Waals surface area contributed by atoms with E-state index in [4.69, 9.17) is 4.74 Å². The molecule has 0 aliphatic rings. The first kappa shape index (κ1) is 30.1. The summed E-state index contributed by atoms with van der Waals surface area (Å²) < 4.78 is 45.1. The van der Waals surface area contributed by atoms with Gasteiger partial charge in [-0.15, -0.1) is 0 Å². The Bertz CT molecular complexity index is 1110. The Morgan fingerprint density at radius 1 is 1.03 bits per heavy atom. The van der Waals surface area contributed by atoms with Gasteiger partial charge in [-0.3, -0.25) is 13.9 Å². The summed E-state index contributed by atoms with van der Waals surface area (Å²) in [5.41, 5.74) is 1.18. The van der Waals surface area contributed by atoms with Crippen LogP contribution in [0.3, 0.4) is 0 Å². The van der Waals surface area contributed by atoms with Gasteiger partial charge >= 0.3 is 0 Å². The predicted octanol–water partition coefficient (Wildman–Crippen LogP) is 4.10. The zero-order valence-corrected chi connectivity index (χ0v) is 22.9. The molecular weight excluding hydrogens is 497 g/mol. The Morgan fingerprint density at radius 2 is 1.68 bits per heavy atom. The largest absolute Gasteiger partial charge is 0.494 e. The topological polar surface area (TPSA) is 96.0 Å². The second-order valence-corrected chi connectivity index (χ2v) is 10.6. The molecule has 0 aliphatic heterocycles. The van der Waals surface area contributed by atoms with Crippen molar-refractivity contribution in [2.24, 2.45) is 0 Å². The number of halogens is 1. The van der Waals surface area contributed by atoms with E-state index in [1.807, 2.05) is 20.8 Å². The molecule has 0 aliphatic carbocycles. The predicted molar refractivity (Wildman–Crippen MR) is 143 cm³/mol. The van der Waals surface area contributed by atoms with Crippen molar-refractivity contribution in [2.75, 3.05) is 30.3 Å². The molecule has 1 atom stereocenters. The lowest BCUT2D eigenvalue weighted by Crippen LogP contribution is -2.49. The number of sulfonamides is 1. The van der Waals surface area contributed by atoms with E-state index in [0.717, 1.165) is 12.7 Å². The Labute approximate surface area is 219 Å². The van der Waals surface area contributed by atoms with Crippen LogP contribution in [-0.2, 0) is 26.2 Å². The second-order valence-electron chi connectivity index (χ2n) is 8.73. The van der Waals surface area contributed by atoms with E-state index in [2.05, 4.69) is 5.32 Å². The van der Waals surface area contributed by atoms with Gasteiger partial charge in [0.25, 0.3) is 0 Å². The number of rotatable bonds is 15. The number of hydrogen-bond donors (Lipinski definition) is 1. The summed E-state index contributed by atoms with van der Waals surface area (Å²) in [5, 5.41) is 2.85. The first-order valence-electron chi connectivity index (χ1n) is 12.6. The number of nitrogens with zero attached hydrogens (tertiary/aromatic N) is 2. The maximum Gasteiger partial charge on any atom is 0.242 e. The van der Waals surface area contributed by atoms with Crippen molar-refractivity contribution < 1.29 is 27.1 Å². The number of hydrogen-bond acceptors (Lipinski definition) is 5. The molecule has 0 aromatic heterocycles. The molecule has 2 aromatic rings. The molecule has 1 N–H and O–H groups in total. The lowest BCUT2D eigenvalue weighted by Gasteiger charge is -2.31. The lowest BCUT2D eigenvalue weighted by molar-refractivity contribution is -0.141. The van der Waals surface area contributed by atoms with Crippen LogP contribution < -0.4 is 14.4 Å². The molecule has 0 spiro atoms. The van der Waals surface area contributed by atoms with Crippen LogP contribution in [0.1, 0.15) is 52.0 Å². The minimum Gasteiger partial charge on any atom is -0.494 e. The van der Waals surface area contributed by atoms with Crippen LogP contribution in [0.15, 0.2) is 48.5 Å². The summed E-state index contributed by atoms with van der Waals surface area (Å²) in [6, 6.07) is 11.8. The van der Waals surface area contributed by atoms with Gasteiger partial charge in [-0.1, -0.05) is 26.0 Å². The van der Waals surface area contributed by atoms with Gasteiger partial charge in [-0.05, 0) is 68.1 Å². The van der Waals surface area contributed by atoms with Crippen molar-refractivity contribution in [1.29, 1.82) is 0 Å². The highest BCUT2D eigenvalue weighted by Gasteiger charge is 2.28. The normalized spacial score (nSPS) is 12.0. The van der Waals surface area contributed by atoms with Crippen molar-refractivity contribution in [3.8, 4) is 5.75 Å². The standard InChI is InChI=1S/C27H38FN3O5S/c1-5-18-29-27(33)25(6-2)30(20-21-10-12-22(28)13-11-21)26(32)9-8-19-31(37(4,34)35)23-14-16-24(17-15-23)36-7-3/h10-17,25H,5-9,18-20H2,1-4H3,(H,29,33)/t25-/m1/s1. The fourth-order valence-electron chi connectivity index (χ4n) is 3.95. The number of amides is 2. The highest BCUT2D eigenvalue weighted by atomic mass is 32.2. The van der Waals surface area contributed by atoms with Crippen LogP contribution in [0.2, 0.25) is 0 Å². The van der Waals surface area contributed by atoms with Gasteiger partial charge in [0.05, 0.1) is 18.6 Å². The van der Waals surface area contributed by atoms with E-state index in [-0.39, 0.29) is 43.6 Å².